The molecule has 84 valence electrons. The first-order valence-electron chi connectivity index (χ1n) is 5.80. The number of hydrogen-bond acceptors (Lipinski definition) is 3. The lowest BCUT2D eigenvalue weighted by atomic mass is 9.89. The molecule has 3 nitrogen and oxygen atoms in total. The Hall–Kier alpha value is -1.56. The highest BCUT2D eigenvalue weighted by molar-refractivity contribution is 5.29. The van der Waals surface area contributed by atoms with Crippen molar-refractivity contribution in [3.63, 3.8) is 0 Å². The second-order valence-electron chi connectivity index (χ2n) is 4.49. The monoisotopic (exact) mass is 216 g/mol. The fourth-order valence-electron chi connectivity index (χ4n) is 2.09. The zero-order valence-electron chi connectivity index (χ0n) is 9.52. The molecule has 0 amide bonds. The van der Waals surface area contributed by atoms with Crippen molar-refractivity contribution in [3.8, 4) is 11.8 Å². The number of pyridine rings is 1. The fourth-order valence-corrected chi connectivity index (χ4v) is 2.09. The van der Waals surface area contributed by atoms with Gasteiger partial charge in [-0.05, 0) is 37.7 Å². The van der Waals surface area contributed by atoms with Crippen molar-refractivity contribution in [1.29, 1.82) is 5.26 Å². The summed E-state index contributed by atoms with van der Waals surface area (Å²) in [5, 5.41) is 8.73. The van der Waals surface area contributed by atoms with E-state index < -0.39 is 0 Å². The van der Waals surface area contributed by atoms with Crippen LogP contribution in [0.25, 0.3) is 0 Å². The van der Waals surface area contributed by atoms with Gasteiger partial charge >= 0.3 is 0 Å². The van der Waals surface area contributed by atoms with E-state index in [9.17, 15) is 0 Å². The second-order valence-corrected chi connectivity index (χ2v) is 4.49. The number of hydrogen-bond donors (Lipinski definition) is 0. The third-order valence-electron chi connectivity index (χ3n) is 3.11. The number of aromatic nitrogens is 1. The molecule has 1 aliphatic carbocycles. The van der Waals surface area contributed by atoms with Gasteiger partial charge < -0.3 is 4.74 Å². The lowest BCUT2D eigenvalue weighted by molar-refractivity contribution is 0.135. The molecule has 0 atom stereocenters. The molecule has 0 aliphatic heterocycles. The summed E-state index contributed by atoms with van der Waals surface area (Å²) in [5.74, 6) is 1.60. The van der Waals surface area contributed by atoms with Gasteiger partial charge in [0.15, 0.2) is 0 Å². The van der Waals surface area contributed by atoms with E-state index in [-0.39, 0.29) is 0 Å². The Labute approximate surface area is 96.1 Å². The summed E-state index contributed by atoms with van der Waals surface area (Å²) in [4.78, 5) is 3.92. The van der Waals surface area contributed by atoms with Gasteiger partial charge in [0.05, 0.1) is 6.10 Å². The highest BCUT2D eigenvalue weighted by Crippen LogP contribution is 2.27. The fraction of sp³-hybridized carbons (Fsp3) is 0.538. The minimum Gasteiger partial charge on any atom is -0.490 e. The number of rotatable bonds is 2. The lowest BCUT2D eigenvalue weighted by Crippen LogP contribution is -2.23. The Morgan fingerprint density at radius 1 is 1.38 bits per heavy atom. The van der Waals surface area contributed by atoms with Crippen LogP contribution in [0.1, 0.15) is 38.3 Å². The van der Waals surface area contributed by atoms with Crippen molar-refractivity contribution in [2.45, 2.75) is 38.7 Å². The van der Waals surface area contributed by atoms with Crippen molar-refractivity contribution >= 4 is 0 Å². The molecular weight excluding hydrogens is 200 g/mol. The van der Waals surface area contributed by atoms with Crippen LogP contribution in [0.4, 0.5) is 0 Å². The quantitative estimate of drug-likeness (QED) is 0.763. The predicted octanol–water partition coefficient (Wildman–Crippen LogP) is 2.91. The summed E-state index contributed by atoms with van der Waals surface area (Å²) >= 11 is 0. The van der Waals surface area contributed by atoms with Crippen molar-refractivity contribution in [1.82, 2.24) is 4.98 Å². The van der Waals surface area contributed by atoms with E-state index >= 15 is 0 Å². The summed E-state index contributed by atoms with van der Waals surface area (Å²) in [6, 6.07) is 5.55. The first-order valence-corrected chi connectivity index (χ1v) is 5.80. The minimum absolute atomic E-state index is 0.310. The van der Waals surface area contributed by atoms with Crippen LogP contribution >= 0.6 is 0 Å². The Balaban J connectivity index is 1.96. The van der Waals surface area contributed by atoms with Crippen LogP contribution in [0.3, 0.4) is 0 Å². The van der Waals surface area contributed by atoms with E-state index in [4.69, 9.17) is 10.00 Å². The summed E-state index contributed by atoms with van der Waals surface area (Å²) < 4.78 is 5.86. The molecule has 1 heterocycles. The largest absolute Gasteiger partial charge is 0.490 e. The Morgan fingerprint density at radius 2 is 2.12 bits per heavy atom. The Bertz CT molecular complexity index is 389. The predicted molar refractivity (Wildman–Crippen MR) is 61.0 cm³/mol. The third-order valence-corrected chi connectivity index (χ3v) is 3.11. The van der Waals surface area contributed by atoms with Crippen molar-refractivity contribution in [2.75, 3.05) is 0 Å². The standard InChI is InChI=1S/C13H16N2O/c1-10-2-4-12(5-3-10)16-13-6-7-15-11(8-13)9-14/h6-8,10,12H,2-5H2,1H3. The molecule has 1 aromatic rings. The molecule has 0 aromatic carbocycles. The molecule has 0 unspecified atom stereocenters. The van der Waals surface area contributed by atoms with Crippen LogP contribution in [0.15, 0.2) is 18.3 Å². The van der Waals surface area contributed by atoms with Crippen LogP contribution in [0, 0.1) is 17.2 Å². The van der Waals surface area contributed by atoms with Crippen LogP contribution in [-0.2, 0) is 0 Å². The van der Waals surface area contributed by atoms with E-state index in [0.717, 1.165) is 24.5 Å². The molecule has 0 N–H and O–H groups in total. The Morgan fingerprint density at radius 3 is 2.81 bits per heavy atom. The van der Waals surface area contributed by atoms with E-state index in [0.29, 0.717) is 11.8 Å². The smallest absolute Gasteiger partial charge is 0.144 e. The van der Waals surface area contributed by atoms with Gasteiger partial charge in [0.1, 0.15) is 17.5 Å². The maximum absolute atomic E-state index is 8.73. The normalized spacial score (nSPS) is 24.8. The van der Waals surface area contributed by atoms with Crippen molar-refractivity contribution in [2.24, 2.45) is 5.92 Å². The van der Waals surface area contributed by atoms with E-state index in [2.05, 4.69) is 11.9 Å². The van der Waals surface area contributed by atoms with Crippen LogP contribution in [-0.4, -0.2) is 11.1 Å². The zero-order valence-corrected chi connectivity index (χ0v) is 9.52. The first kappa shape index (κ1) is 10.9. The molecule has 2 rings (SSSR count). The van der Waals surface area contributed by atoms with Gasteiger partial charge in [0, 0.05) is 12.3 Å². The average molecular weight is 216 g/mol. The highest BCUT2D eigenvalue weighted by Gasteiger charge is 2.19. The molecule has 3 heteroatoms. The summed E-state index contributed by atoms with van der Waals surface area (Å²) in [5.41, 5.74) is 0.418. The van der Waals surface area contributed by atoms with Gasteiger partial charge in [0.2, 0.25) is 0 Å². The minimum atomic E-state index is 0.310. The SMILES string of the molecule is CC1CCC(Oc2ccnc(C#N)c2)CC1. The summed E-state index contributed by atoms with van der Waals surface area (Å²) in [7, 11) is 0. The lowest BCUT2D eigenvalue weighted by Gasteiger charge is -2.26. The second kappa shape index (κ2) is 4.98. The van der Waals surface area contributed by atoms with Crippen molar-refractivity contribution < 1.29 is 4.74 Å². The van der Waals surface area contributed by atoms with Gasteiger partial charge in [-0.15, -0.1) is 0 Å². The topological polar surface area (TPSA) is 45.9 Å². The molecular formula is C13H16N2O. The van der Waals surface area contributed by atoms with Gasteiger partial charge in [0.25, 0.3) is 0 Å². The van der Waals surface area contributed by atoms with Crippen LogP contribution < -0.4 is 4.74 Å². The Kier molecular flexibility index (Phi) is 3.40. The number of nitriles is 1. The molecule has 1 aliphatic rings. The molecule has 1 saturated carbocycles. The number of nitrogens with zero attached hydrogens (tertiary/aromatic N) is 2. The molecule has 1 fully saturated rings. The zero-order chi connectivity index (χ0) is 11.4. The molecule has 16 heavy (non-hydrogen) atoms. The van der Waals surface area contributed by atoms with Gasteiger partial charge in [-0.3, -0.25) is 0 Å². The summed E-state index contributed by atoms with van der Waals surface area (Å²) in [6.45, 7) is 2.29. The maximum atomic E-state index is 8.73. The van der Waals surface area contributed by atoms with Gasteiger partial charge in [-0.1, -0.05) is 6.92 Å². The molecule has 0 saturated heterocycles. The van der Waals surface area contributed by atoms with E-state index in [1.165, 1.54) is 12.8 Å². The summed E-state index contributed by atoms with van der Waals surface area (Å²) in [6.07, 6.45) is 6.64. The van der Waals surface area contributed by atoms with Crippen molar-refractivity contribution in [3.05, 3.63) is 24.0 Å². The molecule has 0 spiro atoms. The molecule has 1 aromatic heterocycles. The van der Waals surface area contributed by atoms with Crippen LogP contribution in [0.5, 0.6) is 5.75 Å². The highest BCUT2D eigenvalue weighted by atomic mass is 16.5. The van der Waals surface area contributed by atoms with Crippen LogP contribution in [0.2, 0.25) is 0 Å². The average Bonchev–Trinajstić information content (AvgIpc) is 2.32. The van der Waals surface area contributed by atoms with Gasteiger partial charge in [-0.2, -0.15) is 5.26 Å². The van der Waals surface area contributed by atoms with E-state index in [1.54, 1.807) is 12.3 Å². The van der Waals surface area contributed by atoms with E-state index in [1.807, 2.05) is 12.1 Å². The van der Waals surface area contributed by atoms with Gasteiger partial charge in [-0.25, -0.2) is 4.98 Å². The third kappa shape index (κ3) is 2.73. The number of ether oxygens (including phenoxy) is 1. The maximum Gasteiger partial charge on any atom is 0.144 e. The molecule has 0 radical (unpaired) electrons. The molecule has 0 bridgehead atoms. The first-order chi connectivity index (χ1) is 7.78.